The molecule has 0 bridgehead atoms. The Morgan fingerprint density at radius 3 is 2.34 bits per heavy atom. The van der Waals surface area contributed by atoms with Crippen LogP contribution in [0.5, 0.6) is 0 Å². The minimum absolute atomic E-state index is 0.00810. The summed E-state index contributed by atoms with van der Waals surface area (Å²) < 4.78 is 45.4. The normalized spacial score (nSPS) is 15.8. The molecule has 0 aliphatic carbocycles. The maximum Gasteiger partial charge on any atom is 0.417 e. The smallest absolute Gasteiger partial charge is 0.417 e. The van der Waals surface area contributed by atoms with Crippen molar-refractivity contribution in [3.8, 4) is 11.3 Å². The fourth-order valence-electron chi connectivity index (χ4n) is 3.13. The molecule has 1 saturated heterocycles. The van der Waals surface area contributed by atoms with Gasteiger partial charge in [0.05, 0.1) is 17.0 Å². The number of carbonyl (C=O) groups is 2. The van der Waals surface area contributed by atoms with Gasteiger partial charge in [0.15, 0.2) is 0 Å². The van der Waals surface area contributed by atoms with Gasteiger partial charge in [0.2, 0.25) is 0 Å². The molecule has 0 spiro atoms. The SMILES string of the molecule is O=C1S/C(=C\c2ccc(-c3ccccc3C(F)(F)F)o2)C(=O)N1Cc1c(Cl)cccc1Cl. The quantitative estimate of drug-likeness (QED) is 0.350. The number of nitrogens with zero attached hydrogens (tertiary/aromatic N) is 1. The van der Waals surface area contributed by atoms with E-state index >= 15 is 0 Å². The van der Waals surface area contributed by atoms with Gasteiger partial charge < -0.3 is 4.42 Å². The van der Waals surface area contributed by atoms with Crippen molar-refractivity contribution in [1.82, 2.24) is 4.90 Å². The number of rotatable bonds is 4. The average Bonchev–Trinajstić information content (AvgIpc) is 3.30. The van der Waals surface area contributed by atoms with E-state index in [1.165, 1.54) is 36.4 Å². The predicted molar refractivity (Wildman–Crippen MR) is 117 cm³/mol. The molecule has 4 rings (SSSR count). The zero-order chi connectivity index (χ0) is 23.0. The molecule has 0 N–H and O–H groups in total. The van der Waals surface area contributed by atoms with Crippen molar-refractivity contribution < 1.29 is 27.2 Å². The number of halogens is 5. The summed E-state index contributed by atoms with van der Waals surface area (Å²) in [5.41, 5.74) is -0.526. The number of hydrogen-bond donors (Lipinski definition) is 0. The molecule has 10 heteroatoms. The van der Waals surface area contributed by atoms with Crippen molar-refractivity contribution in [3.05, 3.63) is 86.4 Å². The molecular formula is C22H12Cl2F3NO3S. The first kappa shape index (κ1) is 22.5. The first-order chi connectivity index (χ1) is 15.1. The summed E-state index contributed by atoms with van der Waals surface area (Å²) in [5, 5.41) is 0.116. The van der Waals surface area contributed by atoms with Gasteiger partial charge in [-0.05, 0) is 42.1 Å². The average molecular weight is 498 g/mol. The molecule has 164 valence electrons. The first-order valence-corrected chi connectivity index (χ1v) is 10.7. The van der Waals surface area contributed by atoms with Crippen LogP contribution in [0.3, 0.4) is 0 Å². The van der Waals surface area contributed by atoms with Crippen LogP contribution in [0.4, 0.5) is 18.0 Å². The fourth-order valence-corrected chi connectivity index (χ4v) is 4.46. The minimum Gasteiger partial charge on any atom is -0.457 e. The monoisotopic (exact) mass is 497 g/mol. The highest BCUT2D eigenvalue weighted by atomic mass is 35.5. The van der Waals surface area contributed by atoms with Gasteiger partial charge >= 0.3 is 6.18 Å². The maximum absolute atomic E-state index is 13.3. The van der Waals surface area contributed by atoms with Gasteiger partial charge in [-0.2, -0.15) is 13.2 Å². The Kier molecular flexibility index (Phi) is 6.11. The third-order valence-corrected chi connectivity index (χ3v) is 6.27. The summed E-state index contributed by atoms with van der Waals surface area (Å²) in [5.74, 6) is -0.450. The van der Waals surface area contributed by atoms with Gasteiger partial charge in [-0.3, -0.25) is 14.5 Å². The molecular weight excluding hydrogens is 486 g/mol. The molecule has 2 heterocycles. The van der Waals surface area contributed by atoms with Crippen LogP contribution in [0.25, 0.3) is 17.4 Å². The lowest BCUT2D eigenvalue weighted by Gasteiger charge is -2.14. The second-order valence-electron chi connectivity index (χ2n) is 6.71. The summed E-state index contributed by atoms with van der Waals surface area (Å²) in [4.78, 5) is 26.2. The highest BCUT2D eigenvalue weighted by molar-refractivity contribution is 8.18. The zero-order valence-corrected chi connectivity index (χ0v) is 18.3. The number of amides is 2. The minimum atomic E-state index is -4.55. The van der Waals surface area contributed by atoms with E-state index in [1.807, 2.05) is 0 Å². The molecule has 0 unspecified atom stereocenters. The van der Waals surface area contributed by atoms with Gasteiger partial charge in [0, 0.05) is 27.2 Å². The Labute approximate surface area is 194 Å². The van der Waals surface area contributed by atoms with Gasteiger partial charge in [-0.25, -0.2) is 0 Å². The number of alkyl halides is 3. The van der Waals surface area contributed by atoms with E-state index in [0.717, 1.165) is 11.0 Å². The lowest BCUT2D eigenvalue weighted by Crippen LogP contribution is -2.27. The highest BCUT2D eigenvalue weighted by Gasteiger charge is 2.36. The van der Waals surface area contributed by atoms with Gasteiger partial charge in [-0.15, -0.1) is 0 Å². The number of benzene rings is 2. The topological polar surface area (TPSA) is 50.5 Å². The van der Waals surface area contributed by atoms with Crippen molar-refractivity contribution in [2.45, 2.75) is 12.7 Å². The van der Waals surface area contributed by atoms with Crippen molar-refractivity contribution in [1.29, 1.82) is 0 Å². The summed E-state index contributed by atoms with van der Waals surface area (Å²) in [6.45, 7) is -0.108. The largest absolute Gasteiger partial charge is 0.457 e. The Hall–Kier alpha value is -2.68. The second kappa shape index (κ2) is 8.69. The molecule has 32 heavy (non-hydrogen) atoms. The van der Waals surface area contributed by atoms with Crippen LogP contribution in [0, 0.1) is 0 Å². The number of hydrogen-bond acceptors (Lipinski definition) is 4. The van der Waals surface area contributed by atoms with Crippen molar-refractivity contribution in [2.24, 2.45) is 0 Å². The molecule has 3 aromatic rings. The molecule has 0 radical (unpaired) electrons. The van der Waals surface area contributed by atoms with E-state index in [9.17, 15) is 22.8 Å². The molecule has 1 fully saturated rings. The lowest BCUT2D eigenvalue weighted by molar-refractivity contribution is -0.137. The van der Waals surface area contributed by atoms with E-state index < -0.39 is 22.9 Å². The molecule has 0 saturated carbocycles. The van der Waals surface area contributed by atoms with Crippen molar-refractivity contribution >= 4 is 52.2 Å². The molecule has 2 aromatic carbocycles. The van der Waals surface area contributed by atoms with Gasteiger partial charge in [0.1, 0.15) is 11.5 Å². The van der Waals surface area contributed by atoms with E-state index in [0.29, 0.717) is 27.4 Å². The van der Waals surface area contributed by atoms with Crippen LogP contribution in [0.15, 0.2) is 63.9 Å². The lowest BCUT2D eigenvalue weighted by atomic mass is 10.1. The predicted octanol–water partition coefficient (Wildman–Crippen LogP) is 7.51. The number of imide groups is 1. The van der Waals surface area contributed by atoms with Crippen LogP contribution >= 0.6 is 35.0 Å². The third-order valence-electron chi connectivity index (χ3n) is 4.65. The Morgan fingerprint density at radius 2 is 1.66 bits per heavy atom. The standard InChI is InChI=1S/C22H12Cl2F3NO3S/c23-16-6-3-7-17(24)14(16)11-28-20(29)19(32-21(28)30)10-12-8-9-18(31-12)13-4-1-2-5-15(13)22(25,26)27/h1-10H,11H2/b19-10-. The molecule has 0 atom stereocenters. The van der Waals surface area contributed by atoms with Gasteiger partial charge in [-0.1, -0.05) is 47.5 Å². The van der Waals surface area contributed by atoms with E-state index in [4.69, 9.17) is 27.6 Å². The molecule has 4 nitrogen and oxygen atoms in total. The zero-order valence-electron chi connectivity index (χ0n) is 16.0. The highest BCUT2D eigenvalue weighted by Crippen LogP contribution is 2.39. The van der Waals surface area contributed by atoms with Gasteiger partial charge in [0.25, 0.3) is 11.1 Å². The number of furan rings is 1. The number of thioether (sulfide) groups is 1. The second-order valence-corrected chi connectivity index (χ2v) is 8.52. The summed E-state index contributed by atoms with van der Waals surface area (Å²) >= 11 is 12.9. The van der Waals surface area contributed by atoms with E-state index in [1.54, 1.807) is 18.2 Å². The van der Waals surface area contributed by atoms with Crippen LogP contribution in [0.2, 0.25) is 10.0 Å². The Morgan fingerprint density at radius 1 is 0.969 bits per heavy atom. The molecule has 1 aliphatic heterocycles. The summed E-state index contributed by atoms with van der Waals surface area (Å²) in [6, 6.07) is 12.7. The molecule has 2 amide bonds. The van der Waals surface area contributed by atoms with Crippen molar-refractivity contribution in [3.63, 3.8) is 0 Å². The summed E-state index contributed by atoms with van der Waals surface area (Å²) in [7, 11) is 0. The number of carbonyl (C=O) groups excluding carboxylic acids is 2. The van der Waals surface area contributed by atoms with Crippen LogP contribution < -0.4 is 0 Å². The van der Waals surface area contributed by atoms with Crippen LogP contribution in [-0.2, 0) is 17.5 Å². The fraction of sp³-hybridized carbons (Fsp3) is 0.0909. The van der Waals surface area contributed by atoms with Crippen molar-refractivity contribution in [2.75, 3.05) is 0 Å². The van der Waals surface area contributed by atoms with Crippen LogP contribution in [-0.4, -0.2) is 16.0 Å². The maximum atomic E-state index is 13.3. The molecule has 1 aromatic heterocycles. The third kappa shape index (κ3) is 4.44. The summed E-state index contributed by atoms with van der Waals surface area (Å²) in [6.07, 6.45) is -3.23. The van der Waals surface area contributed by atoms with Crippen LogP contribution in [0.1, 0.15) is 16.9 Å². The van der Waals surface area contributed by atoms with E-state index in [-0.39, 0.29) is 28.5 Å². The Balaban J connectivity index is 1.60. The van der Waals surface area contributed by atoms with E-state index in [2.05, 4.69) is 0 Å². The first-order valence-electron chi connectivity index (χ1n) is 9.10. The Bertz CT molecular complexity index is 1230. The molecule has 1 aliphatic rings.